The molecule has 2 heteroatoms. The molecule has 3 atom stereocenters. The van der Waals surface area contributed by atoms with Crippen LogP contribution in [0.25, 0.3) is 0 Å². The summed E-state index contributed by atoms with van der Waals surface area (Å²) in [5, 5.41) is 0.359. The molecule has 3 unspecified atom stereocenters. The summed E-state index contributed by atoms with van der Waals surface area (Å²) in [5.74, 6) is 1.41. The van der Waals surface area contributed by atoms with Crippen molar-refractivity contribution in [2.45, 2.75) is 43.9 Å². The van der Waals surface area contributed by atoms with Gasteiger partial charge in [-0.1, -0.05) is 13.3 Å². The molecule has 1 heterocycles. The molecule has 1 aliphatic carbocycles. The summed E-state index contributed by atoms with van der Waals surface area (Å²) in [4.78, 5) is 0. The molecule has 0 bridgehead atoms. The molecule has 14 heavy (non-hydrogen) atoms. The third kappa shape index (κ3) is 1.98. The molecule has 0 amide bonds. The van der Waals surface area contributed by atoms with Gasteiger partial charge in [0.2, 0.25) is 0 Å². The van der Waals surface area contributed by atoms with Crippen molar-refractivity contribution >= 4 is 11.6 Å². The Morgan fingerprint density at radius 1 is 1.50 bits per heavy atom. The second-order valence-electron chi connectivity index (χ2n) is 4.24. The van der Waals surface area contributed by atoms with Crippen LogP contribution in [0.5, 0.6) is 0 Å². The second kappa shape index (κ2) is 4.39. The number of alkyl halides is 1. The van der Waals surface area contributed by atoms with E-state index in [9.17, 15) is 0 Å². The SMILES string of the molecule is CCC1CCC(Cl)CC1c1ccoc1. The quantitative estimate of drug-likeness (QED) is 0.671. The van der Waals surface area contributed by atoms with Gasteiger partial charge in [-0.3, -0.25) is 0 Å². The smallest absolute Gasteiger partial charge is 0.0937 e. The monoisotopic (exact) mass is 212 g/mol. The number of hydrogen-bond acceptors (Lipinski definition) is 1. The lowest BCUT2D eigenvalue weighted by molar-refractivity contribution is 0.301. The molecule has 0 N–H and O–H groups in total. The summed E-state index contributed by atoms with van der Waals surface area (Å²) in [7, 11) is 0. The van der Waals surface area contributed by atoms with Crippen molar-refractivity contribution in [2.24, 2.45) is 5.92 Å². The number of furan rings is 1. The third-order valence-corrected chi connectivity index (χ3v) is 3.82. The van der Waals surface area contributed by atoms with Crippen LogP contribution in [0.1, 0.15) is 44.1 Å². The van der Waals surface area contributed by atoms with Gasteiger partial charge in [0.1, 0.15) is 0 Å². The largest absolute Gasteiger partial charge is 0.472 e. The van der Waals surface area contributed by atoms with E-state index in [1.807, 2.05) is 6.26 Å². The average Bonchev–Trinajstić information content (AvgIpc) is 2.70. The molecular formula is C12H17ClO. The van der Waals surface area contributed by atoms with Crippen LogP contribution in [0.4, 0.5) is 0 Å². The Morgan fingerprint density at radius 2 is 2.36 bits per heavy atom. The fourth-order valence-electron chi connectivity index (χ4n) is 2.56. The Hall–Kier alpha value is -0.430. The van der Waals surface area contributed by atoms with Crippen molar-refractivity contribution in [2.75, 3.05) is 0 Å². The van der Waals surface area contributed by atoms with Crippen LogP contribution in [-0.4, -0.2) is 5.38 Å². The Morgan fingerprint density at radius 3 is 3.00 bits per heavy atom. The van der Waals surface area contributed by atoms with Gasteiger partial charge in [0.15, 0.2) is 0 Å². The molecule has 0 radical (unpaired) electrons. The highest BCUT2D eigenvalue weighted by Gasteiger charge is 2.29. The maximum Gasteiger partial charge on any atom is 0.0937 e. The molecule has 0 spiro atoms. The average molecular weight is 213 g/mol. The van der Waals surface area contributed by atoms with Gasteiger partial charge >= 0.3 is 0 Å². The van der Waals surface area contributed by atoms with Crippen LogP contribution in [0.15, 0.2) is 23.0 Å². The fourth-order valence-corrected chi connectivity index (χ4v) is 2.88. The van der Waals surface area contributed by atoms with E-state index in [1.165, 1.54) is 24.8 Å². The molecule has 1 nitrogen and oxygen atoms in total. The first-order valence-corrected chi connectivity index (χ1v) is 5.91. The highest BCUT2D eigenvalue weighted by molar-refractivity contribution is 6.20. The van der Waals surface area contributed by atoms with Gasteiger partial charge < -0.3 is 4.42 Å². The number of halogens is 1. The zero-order chi connectivity index (χ0) is 9.97. The summed E-state index contributed by atoms with van der Waals surface area (Å²) in [6, 6.07) is 2.09. The lowest BCUT2D eigenvalue weighted by atomic mass is 9.75. The second-order valence-corrected chi connectivity index (χ2v) is 4.86. The van der Waals surface area contributed by atoms with Gasteiger partial charge in [-0.05, 0) is 42.7 Å². The van der Waals surface area contributed by atoms with E-state index in [0.717, 1.165) is 12.3 Å². The summed E-state index contributed by atoms with van der Waals surface area (Å²) in [6.07, 6.45) is 8.44. The summed E-state index contributed by atoms with van der Waals surface area (Å²) >= 11 is 6.22. The minimum Gasteiger partial charge on any atom is -0.472 e. The van der Waals surface area contributed by atoms with Crippen molar-refractivity contribution in [3.8, 4) is 0 Å². The van der Waals surface area contributed by atoms with Gasteiger partial charge in [0.25, 0.3) is 0 Å². The molecule has 1 aromatic rings. The van der Waals surface area contributed by atoms with Crippen molar-refractivity contribution in [1.82, 2.24) is 0 Å². The predicted molar refractivity (Wildman–Crippen MR) is 58.7 cm³/mol. The third-order valence-electron chi connectivity index (χ3n) is 3.43. The molecule has 1 aliphatic rings. The molecule has 78 valence electrons. The standard InChI is InChI=1S/C12H17ClO/c1-2-9-3-4-11(13)7-12(9)10-5-6-14-8-10/h5-6,8-9,11-12H,2-4,7H2,1H3. The van der Waals surface area contributed by atoms with E-state index < -0.39 is 0 Å². The van der Waals surface area contributed by atoms with E-state index in [0.29, 0.717) is 11.3 Å². The zero-order valence-electron chi connectivity index (χ0n) is 8.58. The van der Waals surface area contributed by atoms with Gasteiger partial charge in [0.05, 0.1) is 12.5 Å². The van der Waals surface area contributed by atoms with Gasteiger partial charge in [0, 0.05) is 5.38 Å². The summed E-state index contributed by atoms with van der Waals surface area (Å²) < 4.78 is 5.15. The van der Waals surface area contributed by atoms with Crippen molar-refractivity contribution < 1.29 is 4.42 Å². The number of rotatable bonds is 2. The van der Waals surface area contributed by atoms with Crippen molar-refractivity contribution in [3.63, 3.8) is 0 Å². The maximum absolute atomic E-state index is 6.22. The lowest BCUT2D eigenvalue weighted by Gasteiger charge is -2.32. The Balaban J connectivity index is 2.13. The van der Waals surface area contributed by atoms with Gasteiger partial charge in [-0.25, -0.2) is 0 Å². The van der Waals surface area contributed by atoms with E-state index in [-0.39, 0.29) is 0 Å². The predicted octanol–water partition coefficient (Wildman–Crippen LogP) is 4.18. The molecule has 0 aromatic carbocycles. The van der Waals surface area contributed by atoms with Crippen LogP contribution < -0.4 is 0 Å². The Bertz CT molecular complexity index is 268. The first-order valence-electron chi connectivity index (χ1n) is 5.47. The first-order chi connectivity index (χ1) is 6.81. The molecule has 1 aromatic heterocycles. The van der Waals surface area contributed by atoms with Crippen LogP contribution in [-0.2, 0) is 0 Å². The van der Waals surface area contributed by atoms with Crippen LogP contribution >= 0.6 is 11.6 Å². The highest BCUT2D eigenvalue weighted by Crippen LogP contribution is 2.41. The lowest BCUT2D eigenvalue weighted by Crippen LogP contribution is -2.22. The first kappa shape index (κ1) is 10.1. The van der Waals surface area contributed by atoms with Gasteiger partial charge in [-0.2, -0.15) is 0 Å². The van der Waals surface area contributed by atoms with E-state index >= 15 is 0 Å². The van der Waals surface area contributed by atoms with Crippen LogP contribution in [0.3, 0.4) is 0 Å². The minimum atomic E-state index is 0.359. The van der Waals surface area contributed by atoms with E-state index in [2.05, 4.69) is 13.0 Å². The van der Waals surface area contributed by atoms with Crippen LogP contribution in [0.2, 0.25) is 0 Å². The van der Waals surface area contributed by atoms with E-state index in [4.69, 9.17) is 16.0 Å². The highest BCUT2D eigenvalue weighted by atomic mass is 35.5. The molecule has 2 rings (SSSR count). The Labute approximate surface area is 90.4 Å². The summed E-state index contributed by atoms with van der Waals surface area (Å²) in [6.45, 7) is 2.27. The van der Waals surface area contributed by atoms with Crippen molar-refractivity contribution in [3.05, 3.63) is 24.2 Å². The number of hydrogen-bond donors (Lipinski definition) is 0. The molecule has 1 fully saturated rings. The van der Waals surface area contributed by atoms with Gasteiger partial charge in [-0.15, -0.1) is 11.6 Å². The molecule has 1 saturated carbocycles. The van der Waals surface area contributed by atoms with Crippen LogP contribution in [0, 0.1) is 5.92 Å². The summed E-state index contributed by atoms with van der Waals surface area (Å²) in [5.41, 5.74) is 1.34. The Kier molecular flexibility index (Phi) is 3.17. The van der Waals surface area contributed by atoms with E-state index in [1.54, 1.807) is 6.26 Å². The normalized spacial score (nSPS) is 33.1. The molecular weight excluding hydrogens is 196 g/mol. The minimum absolute atomic E-state index is 0.359. The maximum atomic E-state index is 6.22. The molecule has 0 aliphatic heterocycles. The molecule has 0 saturated heterocycles. The van der Waals surface area contributed by atoms with Crippen molar-refractivity contribution in [1.29, 1.82) is 0 Å². The topological polar surface area (TPSA) is 13.1 Å². The zero-order valence-corrected chi connectivity index (χ0v) is 9.33. The fraction of sp³-hybridized carbons (Fsp3) is 0.667.